The molecule has 0 aromatic heterocycles. The monoisotopic (exact) mass is 762 g/mol. The van der Waals surface area contributed by atoms with Crippen molar-refractivity contribution in [1.29, 1.82) is 0 Å². The molecular weight excluding hydrogens is 671 g/mol. The van der Waals surface area contributed by atoms with Gasteiger partial charge in [-0.1, -0.05) is 199 Å². The molecule has 0 radical (unpaired) electrons. The normalized spacial score (nSPS) is 12.0. The largest absolute Gasteiger partial charge is 0.480 e. The van der Waals surface area contributed by atoms with Crippen LogP contribution in [-0.4, -0.2) is 35.6 Å². The molecule has 2 N–H and O–H groups in total. The van der Waals surface area contributed by atoms with Crippen LogP contribution in [0.1, 0.15) is 264 Å². The molecule has 1 amide bonds. The van der Waals surface area contributed by atoms with Crippen LogP contribution in [0, 0.1) is 0 Å². The summed E-state index contributed by atoms with van der Waals surface area (Å²) in [5.41, 5.74) is 0. The summed E-state index contributed by atoms with van der Waals surface area (Å²) in [6, 6.07) is 0. The Balaban J connectivity index is 4.02. The zero-order valence-corrected chi connectivity index (χ0v) is 36.1. The van der Waals surface area contributed by atoms with E-state index in [0.29, 0.717) is 12.8 Å². The number of unbranched alkanes of at least 4 members (excludes halogenated alkanes) is 31. The van der Waals surface area contributed by atoms with Gasteiger partial charge in [0.05, 0.1) is 0 Å². The van der Waals surface area contributed by atoms with Gasteiger partial charge in [-0.3, -0.25) is 14.4 Å². The van der Waals surface area contributed by atoms with Crippen LogP contribution in [0.15, 0.2) is 12.2 Å². The molecule has 0 bridgehead atoms. The predicted octanol–water partition coefficient (Wildman–Crippen LogP) is 14.9. The van der Waals surface area contributed by atoms with Gasteiger partial charge < -0.3 is 15.2 Å². The molecule has 0 saturated heterocycles. The Morgan fingerprint density at radius 2 is 0.796 bits per heavy atom. The number of carbonyl (C=O) groups is 3. The maximum atomic E-state index is 12.8. The van der Waals surface area contributed by atoms with Gasteiger partial charge in [0, 0.05) is 12.8 Å². The molecule has 0 aliphatic carbocycles. The molecule has 0 aliphatic rings. The van der Waals surface area contributed by atoms with Gasteiger partial charge in [-0.15, -0.1) is 0 Å². The minimum Gasteiger partial charge on any atom is -0.480 e. The molecule has 1 atom stereocenters. The number of hydrogen-bond acceptors (Lipinski definition) is 4. The first-order valence-electron chi connectivity index (χ1n) is 23.8. The first kappa shape index (κ1) is 52.2. The molecule has 0 rings (SSSR count). The van der Waals surface area contributed by atoms with Crippen LogP contribution in [0.5, 0.6) is 0 Å². The maximum absolute atomic E-state index is 12.8. The van der Waals surface area contributed by atoms with E-state index in [1.54, 1.807) is 0 Å². The van der Waals surface area contributed by atoms with Gasteiger partial charge in [-0.25, -0.2) is 0 Å². The highest BCUT2D eigenvalue weighted by Gasteiger charge is 2.14. The fourth-order valence-electron chi connectivity index (χ4n) is 7.39. The molecule has 318 valence electrons. The summed E-state index contributed by atoms with van der Waals surface area (Å²) in [6.45, 7) is 4.25. The number of carboxylic acid groups (broad SMARTS) is 1. The predicted molar refractivity (Wildman–Crippen MR) is 231 cm³/mol. The number of esters is 1. The molecule has 1 unspecified atom stereocenters. The highest BCUT2D eigenvalue weighted by molar-refractivity contribution is 5.80. The first-order chi connectivity index (χ1) is 26.5. The highest BCUT2D eigenvalue weighted by atomic mass is 16.5. The zero-order chi connectivity index (χ0) is 39.4. The topological polar surface area (TPSA) is 92.7 Å². The van der Waals surface area contributed by atoms with E-state index in [2.05, 4.69) is 31.3 Å². The molecule has 0 fully saturated rings. The van der Waals surface area contributed by atoms with Crippen molar-refractivity contribution in [2.24, 2.45) is 0 Å². The van der Waals surface area contributed by atoms with E-state index in [-0.39, 0.29) is 24.5 Å². The summed E-state index contributed by atoms with van der Waals surface area (Å²) >= 11 is 0. The third-order valence-electron chi connectivity index (χ3n) is 10.9. The lowest BCUT2D eigenvalue weighted by atomic mass is 10.0. The van der Waals surface area contributed by atoms with Crippen LogP contribution >= 0.6 is 0 Å². The summed E-state index contributed by atoms with van der Waals surface area (Å²) in [7, 11) is 0. The molecule has 6 nitrogen and oxygen atoms in total. The zero-order valence-electron chi connectivity index (χ0n) is 36.1. The van der Waals surface area contributed by atoms with E-state index in [1.165, 1.54) is 173 Å². The first-order valence-corrected chi connectivity index (χ1v) is 23.8. The third kappa shape index (κ3) is 42.9. The summed E-state index contributed by atoms with van der Waals surface area (Å²) in [5, 5.41) is 11.1. The molecule has 0 saturated carbocycles. The fourth-order valence-corrected chi connectivity index (χ4v) is 7.39. The number of carboxylic acids is 1. The Bertz CT molecular complexity index is 843. The number of rotatable bonds is 44. The molecule has 0 aliphatic heterocycles. The number of amides is 1. The van der Waals surface area contributed by atoms with Gasteiger partial charge in [0.1, 0.15) is 12.6 Å². The van der Waals surface area contributed by atoms with Gasteiger partial charge >= 0.3 is 11.9 Å². The number of ether oxygens (including phenoxy) is 1. The second kappa shape index (κ2) is 43.9. The van der Waals surface area contributed by atoms with Crippen molar-refractivity contribution < 1.29 is 24.2 Å². The second-order valence-corrected chi connectivity index (χ2v) is 16.4. The average molecular weight is 762 g/mol. The van der Waals surface area contributed by atoms with Crippen molar-refractivity contribution in [3.63, 3.8) is 0 Å². The lowest BCUT2D eigenvalue weighted by Crippen LogP contribution is -2.28. The quantitative estimate of drug-likeness (QED) is 0.0366. The molecule has 0 aromatic carbocycles. The number of aliphatic carboxylic acids is 1. The number of nitrogens with one attached hydrogen (secondary N) is 1. The number of hydrogen-bond donors (Lipinski definition) is 2. The van der Waals surface area contributed by atoms with Gasteiger partial charge in [-0.05, 0) is 64.2 Å². The Kier molecular flexibility index (Phi) is 42.4. The van der Waals surface area contributed by atoms with E-state index >= 15 is 0 Å². The minimum atomic E-state index is -1.01. The van der Waals surface area contributed by atoms with Crippen LogP contribution in [0.3, 0.4) is 0 Å². The van der Waals surface area contributed by atoms with E-state index in [1.807, 2.05) is 0 Å². The number of carbonyl (C=O) groups excluding carboxylic acids is 2. The van der Waals surface area contributed by atoms with Gasteiger partial charge in [0.25, 0.3) is 0 Å². The van der Waals surface area contributed by atoms with Crippen LogP contribution in [-0.2, 0) is 19.1 Å². The van der Waals surface area contributed by atoms with E-state index in [4.69, 9.17) is 9.84 Å². The standard InChI is InChI=1S/C48H91NO5/c1-3-5-7-9-11-13-15-16-17-18-19-20-21-22-23-24-26-28-30-35-39-43-48(53)54-45(40-36-32-29-27-25-14-12-10-8-6-4-2)41-37-33-31-34-38-42-46(50)49-44-47(51)52/h18-19,45H,3-17,20-44H2,1-2H3,(H,49,50)(H,51,52)/b19-18-. The molecule has 0 spiro atoms. The average Bonchev–Trinajstić information content (AvgIpc) is 3.16. The molecule has 6 heteroatoms. The van der Waals surface area contributed by atoms with Crippen molar-refractivity contribution in [2.75, 3.05) is 6.54 Å². The molecule has 0 aromatic rings. The maximum Gasteiger partial charge on any atom is 0.322 e. The third-order valence-corrected chi connectivity index (χ3v) is 10.9. The van der Waals surface area contributed by atoms with Gasteiger partial charge in [0.2, 0.25) is 5.91 Å². The van der Waals surface area contributed by atoms with Gasteiger partial charge in [-0.2, -0.15) is 0 Å². The van der Waals surface area contributed by atoms with Crippen molar-refractivity contribution in [3.05, 3.63) is 12.2 Å². The lowest BCUT2D eigenvalue weighted by molar-refractivity contribution is -0.150. The Hall–Kier alpha value is -1.85. The van der Waals surface area contributed by atoms with Crippen molar-refractivity contribution in [1.82, 2.24) is 5.32 Å². The number of allylic oxidation sites excluding steroid dienone is 2. The van der Waals surface area contributed by atoms with Gasteiger partial charge in [0.15, 0.2) is 0 Å². The Morgan fingerprint density at radius 3 is 1.19 bits per heavy atom. The van der Waals surface area contributed by atoms with Crippen molar-refractivity contribution in [2.45, 2.75) is 270 Å². The Morgan fingerprint density at radius 1 is 0.463 bits per heavy atom. The summed E-state index contributed by atoms with van der Waals surface area (Å²) in [6.07, 6.45) is 52.1. The van der Waals surface area contributed by atoms with Crippen molar-refractivity contribution >= 4 is 17.8 Å². The fraction of sp³-hybridized carbons (Fsp3) is 0.896. The highest BCUT2D eigenvalue weighted by Crippen LogP contribution is 2.19. The SMILES string of the molecule is CCCCCCCCCC/C=C\CCCCCCCCCCCC(=O)OC(CCCCCCCCCCCCC)CCCCCCCC(=O)NCC(=O)O. The molecule has 54 heavy (non-hydrogen) atoms. The lowest BCUT2D eigenvalue weighted by Gasteiger charge is -2.18. The van der Waals surface area contributed by atoms with Crippen molar-refractivity contribution in [3.8, 4) is 0 Å². The van der Waals surface area contributed by atoms with Crippen LogP contribution in [0.25, 0.3) is 0 Å². The molecular formula is C48H91NO5. The van der Waals surface area contributed by atoms with E-state index in [0.717, 1.165) is 64.2 Å². The van der Waals surface area contributed by atoms with E-state index in [9.17, 15) is 14.4 Å². The smallest absolute Gasteiger partial charge is 0.322 e. The second-order valence-electron chi connectivity index (χ2n) is 16.4. The minimum absolute atomic E-state index is 0.0118. The Labute approximate surface area is 335 Å². The summed E-state index contributed by atoms with van der Waals surface area (Å²) in [4.78, 5) is 35.1. The van der Waals surface area contributed by atoms with Crippen LogP contribution in [0.4, 0.5) is 0 Å². The summed E-state index contributed by atoms with van der Waals surface area (Å²) in [5.74, 6) is -1.21. The van der Waals surface area contributed by atoms with Crippen LogP contribution in [0.2, 0.25) is 0 Å². The molecule has 0 heterocycles. The van der Waals surface area contributed by atoms with Crippen LogP contribution < -0.4 is 5.32 Å². The van der Waals surface area contributed by atoms with E-state index < -0.39 is 5.97 Å². The summed E-state index contributed by atoms with van der Waals surface area (Å²) < 4.78 is 6.05.